The van der Waals surface area contributed by atoms with Gasteiger partial charge in [-0.05, 0) is 48.9 Å². The number of halogens is 1. The Bertz CT molecular complexity index is 522. The van der Waals surface area contributed by atoms with Gasteiger partial charge in [0.25, 0.3) is 10.8 Å². The van der Waals surface area contributed by atoms with Gasteiger partial charge in [0.05, 0.1) is 12.2 Å². The Morgan fingerprint density at radius 3 is 2.83 bits per heavy atom. The minimum Gasteiger partial charge on any atom is -0.383 e. The monoisotopic (exact) mass is 269 g/mol. The molecule has 1 aliphatic rings. The zero-order valence-electron chi connectivity index (χ0n) is 10.4. The number of carbonyl (C=O) groups excluding carboxylic acids is 1. The second-order valence-electron chi connectivity index (χ2n) is 4.46. The van der Waals surface area contributed by atoms with Crippen molar-refractivity contribution in [3.63, 3.8) is 0 Å². The third-order valence-electron chi connectivity index (χ3n) is 3.33. The van der Waals surface area contributed by atoms with Gasteiger partial charge in [-0.3, -0.25) is 9.59 Å². The second-order valence-corrected chi connectivity index (χ2v) is 4.80. The fourth-order valence-electron chi connectivity index (χ4n) is 2.44. The molecular formula is C13H16ClNO3. The summed E-state index contributed by atoms with van der Waals surface area (Å²) >= 11 is 5.47. The zero-order valence-corrected chi connectivity index (χ0v) is 11.1. The van der Waals surface area contributed by atoms with E-state index in [0.29, 0.717) is 13.2 Å². The summed E-state index contributed by atoms with van der Waals surface area (Å²) in [4.78, 5) is 23.5. The highest BCUT2D eigenvalue weighted by Gasteiger charge is 2.19. The maximum Gasteiger partial charge on any atom is 0.263 e. The van der Waals surface area contributed by atoms with E-state index in [0.717, 1.165) is 36.9 Å². The first kappa shape index (κ1) is 13.3. The van der Waals surface area contributed by atoms with Crippen LogP contribution in [0, 0.1) is 0 Å². The highest BCUT2D eigenvalue weighted by Crippen LogP contribution is 2.21. The average molecular weight is 270 g/mol. The number of aryl methyl sites for hydroxylation is 1. The summed E-state index contributed by atoms with van der Waals surface area (Å²) in [6.45, 7) is 0.919. The number of hydrogen-bond donors (Lipinski definition) is 0. The first-order chi connectivity index (χ1) is 8.65. The van der Waals surface area contributed by atoms with Crippen LogP contribution in [0.3, 0.4) is 0 Å². The topological polar surface area (TPSA) is 48.3 Å². The van der Waals surface area contributed by atoms with Gasteiger partial charge in [0.1, 0.15) is 0 Å². The van der Waals surface area contributed by atoms with Gasteiger partial charge < -0.3 is 9.30 Å². The molecular weight excluding hydrogens is 254 g/mol. The second kappa shape index (κ2) is 5.67. The number of carbonyl (C=O) groups is 1. The summed E-state index contributed by atoms with van der Waals surface area (Å²) in [6.07, 6.45) is 3.95. The predicted octanol–water partition coefficient (Wildman–Crippen LogP) is 1.75. The van der Waals surface area contributed by atoms with Crippen LogP contribution in [-0.4, -0.2) is 23.5 Å². The van der Waals surface area contributed by atoms with E-state index >= 15 is 0 Å². The van der Waals surface area contributed by atoms with Gasteiger partial charge in [-0.1, -0.05) is 0 Å². The molecule has 0 fully saturated rings. The summed E-state index contributed by atoms with van der Waals surface area (Å²) in [5.41, 5.74) is 1.88. The summed E-state index contributed by atoms with van der Waals surface area (Å²) in [5, 5.41) is -0.681. The number of rotatable bonds is 4. The molecule has 2 rings (SSSR count). The Kier molecular flexibility index (Phi) is 4.19. The highest BCUT2D eigenvalue weighted by molar-refractivity contribution is 6.67. The predicted molar refractivity (Wildman–Crippen MR) is 69.4 cm³/mol. The summed E-state index contributed by atoms with van der Waals surface area (Å²) in [6, 6.07) is 1.66. The maximum absolute atomic E-state index is 12.2. The van der Waals surface area contributed by atoms with Gasteiger partial charge in [-0.15, -0.1) is 0 Å². The first-order valence-electron chi connectivity index (χ1n) is 6.09. The largest absolute Gasteiger partial charge is 0.383 e. The quantitative estimate of drug-likeness (QED) is 0.783. The van der Waals surface area contributed by atoms with E-state index in [1.54, 1.807) is 17.7 Å². The standard InChI is InChI=1S/C13H16ClNO3/c1-18-7-6-15-11-5-3-2-4-9(11)8-10(12(14)16)13(15)17/h8H,2-7H2,1H3. The SMILES string of the molecule is COCCn1c2c(cc(C(=O)Cl)c1=O)CCCC2. The maximum atomic E-state index is 12.2. The van der Waals surface area contributed by atoms with Crippen molar-refractivity contribution in [3.05, 3.63) is 33.2 Å². The first-order valence-corrected chi connectivity index (χ1v) is 6.47. The molecule has 0 N–H and O–H groups in total. The number of fused-ring (bicyclic) bond motifs is 1. The van der Waals surface area contributed by atoms with E-state index < -0.39 is 5.24 Å². The van der Waals surface area contributed by atoms with Crippen LogP contribution in [0.5, 0.6) is 0 Å². The van der Waals surface area contributed by atoms with Crippen molar-refractivity contribution < 1.29 is 9.53 Å². The molecule has 98 valence electrons. The lowest BCUT2D eigenvalue weighted by Gasteiger charge is -2.21. The molecule has 0 unspecified atom stereocenters. The highest BCUT2D eigenvalue weighted by atomic mass is 35.5. The van der Waals surface area contributed by atoms with Crippen molar-refractivity contribution in [2.24, 2.45) is 0 Å². The van der Waals surface area contributed by atoms with Gasteiger partial charge in [0, 0.05) is 19.3 Å². The fourth-order valence-corrected chi connectivity index (χ4v) is 2.58. The molecule has 4 nitrogen and oxygen atoms in total. The van der Waals surface area contributed by atoms with Crippen LogP contribution < -0.4 is 5.56 Å². The minimum atomic E-state index is -0.681. The molecule has 0 amide bonds. The lowest BCUT2D eigenvalue weighted by molar-refractivity contribution is 0.107. The van der Waals surface area contributed by atoms with Crippen LogP contribution in [0.4, 0.5) is 0 Å². The lowest BCUT2D eigenvalue weighted by Crippen LogP contribution is -2.31. The number of aromatic nitrogens is 1. The van der Waals surface area contributed by atoms with Gasteiger partial charge in [-0.25, -0.2) is 0 Å². The molecule has 0 atom stereocenters. The van der Waals surface area contributed by atoms with Gasteiger partial charge in [0.15, 0.2) is 0 Å². The van der Waals surface area contributed by atoms with Crippen LogP contribution in [0.25, 0.3) is 0 Å². The van der Waals surface area contributed by atoms with E-state index in [4.69, 9.17) is 16.3 Å². The van der Waals surface area contributed by atoms with E-state index in [1.165, 1.54) is 0 Å². The van der Waals surface area contributed by atoms with Crippen LogP contribution in [0.1, 0.15) is 34.5 Å². The van der Waals surface area contributed by atoms with E-state index in [-0.39, 0.29) is 11.1 Å². The molecule has 0 saturated heterocycles. The van der Waals surface area contributed by atoms with Crippen molar-refractivity contribution in [2.75, 3.05) is 13.7 Å². The fraction of sp³-hybridized carbons (Fsp3) is 0.538. The minimum absolute atomic E-state index is 0.0772. The van der Waals surface area contributed by atoms with Crippen LogP contribution in [0.15, 0.2) is 10.9 Å². The molecule has 5 heteroatoms. The Hall–Kier alpha value is -1.13. The van der Waals surface area contributed by atoms with E-state index in [1.807, 2.05) is 0 Å². The summed E-state index contributed by atoms with van der Waals surface area (Å²) in [5.74, 6) is 0. The van der Waals surface area contributed by atoms with Crippen LogP contribution in [0.2, 0.25) is 0 Å². The Morgan fingerprint density at radius 1 is 1.44 bits per heavy atom. The number of hydrogen-bond acceptors (Lipinski definition) is 3. The molecule has 1 aliphatic carbocycles. The molecule has 18 heavy (non-hydrogen) atoms. The molecule has 0 spiro atoms. The summed E-state index contributed by atoms with van der Waals surface area (Å²) in [7, 11) is 1.59. The molecule has 0 aliphatic heterocycles. The van der Waals surface area contributed by atoms with Crippen molar-refractivity contribution in [3.8, 4) is 0 Å². The molecule has 0 saturated carbocycles. The average Bonchev–Trinajstić information content (AvgIpc) is 2.37. The third kappa shape index (κ3) is 2.49. The van der Waals surface area contributed by atoms with Crippen molar-refractivity contribution in [1.82, 2.24) is 4.57 Å². The van der Waals surface area contributed by atoms with Gasteiger partial charge >= 0.3 is 0 Å². The van der Waals surface area contributed by atoms with Crippen LogP contribution in [-0.2, 0) is 24.1 Å². The normalized spacial score (nSPS) is 14.3. The molecule has 1 heterocycles. The molecule has 1 aromatic heterocycles. The Labute approximate surface area is 111 Å². The van der Waals surface area contributed by atoms with Gasteiger partial charge in [0.2, 0.25) is 0 Å². The Morgan fingerprint density at radius 2 is 2.17 bits per heavy atom. The third-order valence-corrected chi connectivity index (χ3v) is 3.53. The Balaban J connectivity index is 2.55. The number of pyridine rings is 1. The van der Waals surface area contributed by atoms with Gasteiger partial charge in [-0.2, -0.15) is 0 Å². The smallest absolute Gasteiger partial charge is 0.263 e. The van der Waals surface area contributed by atoms with Crippen molar-refractivity contribution in [1.29, 1.82) is 0 Å². The number of methoxy groups -OCH3 is 1. The molecule has 0 radical (unpaired) electrons. The molecule has 1 aromatic rings. The number of nitrogens with zero attached hydrogens (tertiary/aromatic N) is 1. The molecule has 0 bridgehead atoms. The lowest BCUT2D eigenvalue weighted by atomic mass is 9.94. The number of ether oxygens (including phenoxy) is 1. The van der Waals surface area contributed by atoms with Crippen molar-refractivity contribution >= 4 is 16.8 Å². The van der Waals surface area contributed by atoms with E-state index in [2.05, 4.69) is 0 Å². The van der Waals surface area contributed by atoms with Crippen molar-refractivity contribution in [2.45, 2.75) is 32.2 Å². The van der Waals surface area contributed by atoms with E-state index in [9.17, 15) is 9.59 Å². The molecule has 0 aromatic carbocycles. The summed E-state index contributed by atoms with van der Waals surface area (Å²) < 4.78 is 6.66. The van der Waals surface area contributed by atoms with Crippen LogP contribution >= 0.6 is 11.6 Å². The zero-order chi connectivity index (χ0) is 13.1.